The first-order valence-corrected chi connectivity index (χ1v) is 8.32. The van der Waals surface area contributed by atoms with Crippen LogP contribution in [0.5, 0.6) is 0 Å². The minimum atomic E-state index is -0.350. The lowest BCUT2D eigenvalue weighted by Gasteiger charge is -2.18. The van der Waals surface area contributed by atoms with Crippen LogP contribution >= 0.6 is 23.2 Å². The summed E-state index contributed by atoms with van der Waals surface area (Å²) < 4.78 is 0. The lowest BCUT2D eigenvalue weighted by Crippen LogP contribution is -2.34. The summed E-state index contributed by atoms with van der Waals surface area (Å²) in [6, 6.07) is 4.98. The average Bonchev–Trinajstić information content (AvgIpc) is 2.87. The van der Waals surface area contributed by atoms with E-state index in [1.54, 1.807) is 18.2 Å². The van der Waals surface area contributed by atoms with E-state index >= 15 is 0 Å². The molecule has 1 aromatic carbocycles. The molecule has 0 saturated carbocycles. The highest BCUT2D eigenvalue weighted by Gasteiger charge is 2.35. The fourth-order valence-electron chi connectivity index (χ4n) is 2.56. The molecule has 0 aliphatic carbocycles. The molecule has 1 heterocycles. The van der Waals surface area contributed by atoms with Gasteiger partial charge in [-0.1, -0.05) is 23.2 Å². The van der Waals surface area contributed by atoms with Crippen molar-refractivity contribution in [3.05, 3.63) is 28.2 Å². The Morgan fingerprint density at radius 2 is 2.13 bits per heavy atom. The fraction of sp³-hybridized carbons (Fsp3) is 0.500. The lowest BCUT2D eigenvalue weighted by molar-refractivity contribution is -0.126. The molecule has 23 heavy (non-hydrogen) atoms. The summed E-state index contributed by atoms with van der Waals surface area (Å²) in [5.41, 5.74) is 0.562. The molecule has 0 aromatic heterocycles. The topological polar surface area (TPSA) is 52.7 Å². The number of nitrogens with zero attached hydrogens (tertiary/aromatic N) is 2. The van der Waals surface area contributed by atoms with Crippen molar-refractivity contribution in [1.29, 1.82) is 0 Å². The molecular formula is C16H21Cl2N3O2. The Hall–Kier alpha value is -1.30. The van der Waals surface area contributed by atoms with Crippen molar-refractivity contribution >= 4 is 40.7 Å². The molecular weight excluding hydrogens is 337 g/mol. The molecule has 1 fully saturated rings. The van der Waals surface area contributed by atoms with Crippen LogP contribution in [-0.2, 0) is 9.59 Å². The Balaban J connectivity index is 1.94. The monoisotopic (exact) mass is 357 g/mol. The first-order chi connectivity index (χ1) is 10.9. The van der Waals surface area contributed by atoms with Crippen molar-refractivity contribution in [3.63, 3.8) is 0 Å². The first kappa shape index (κ1) is 18.0. The Morgan fingerprint density at radius 3 is 2.83 bits per heavy atom. The summed E-state index contributed by atoms with van der Waals surface area (Å²) in [5.74, 6) is -0.544. The molecule has 2 rings (SSSR count). The summed E-state index contributed by atoms with van der Waals surface area (Å²) >= 11 is 12.1. The summed E-state index contributed by atoms with van der Waals surface area (Å²) in [6.45, 7) is 1.85. The van der Waals surface area contributed by atoms with Gasteiger partial charge in [0.25, 0.3) is 0 Å². The number of benzene rings is 1. The summed E-state index contributed by atoms with van der Waals surface area (Å²) in [5, 5.41) is 3.86. The van der Waals surface area contributed by atoms with Gasteiger partial charge in [-0.25, -0.2) is 0 Å². The van der Waals surface area contributed by atoms with Crippen molar-refractivity contribution in [2.75, 3.05) is 38.6 Å². The Labute approximate surface area is 146 Å². The van der Waals surface area contributed by atoms with E-state index in [4.69, 9.17) is 23.2 Å². The van der Waals surface area contributed by atoms with Gasteiger partial charge in [0.15, 0.2) is 0 Å². The Kier molecular flexibility index (Phi) is 6.27. The third-order valence-electron chi connectivity index (χ3n) is 3.78. The number of amides is 2. The van der Waals surface area contributed by atoms with Gasteiger partial charge in [-0.15, -0.1) is 0 Å². The molecule has 0 spiro atoms. The molecule has 1 saturated heterocycles. The molecule has 1 aliphatic rings. The van der Waals surface area contributed by atoms with Crippen LogP contribution in [-0.4, -0.2) is 50.4 Å². The predicted octanol–water partition coefficient (Wildman–Crippen LogP) is 2.41. The van der Waals surface area contributed by atoms with Crippen LogP contribution in [0, 0.1) is 5.92 Å². The largest absolute Gasteiger partial charge is 0.356 e. The van der Waals surface area contributed by atoms with Gasteiger partial charge in [-0.3, -0.25) is 9.59 Å². The predicted molar refractivity (Wildman–Crippen MR) is 93.1 cm³/mol. The lowest BCUT2D eigenvalue weighted by atomic mass is 10.1. The molecule has 0 radical (unpaired) electrons. The Bertz CT molecular complexity index is 593. The van der Waals surface area contributed by atoms with Gasteiger partial charge in [0, 0.05) is 24.5 Å². The number of anilines is 1. The van der Waals surface area contributed by atoms with Crippen LogP contribution in [0.15, 0.2) is 18.2 Å². The second-order valence-electron chi connectivity index (χ2n) is 5.95. The molecule has 0 bridgehead atoms. The number of nitrogens with one attached hydrogen (secondary N) is 1. The van der Waals surface area contributed by atoms with E-state index in [1.165, 1.54) is 4.90 Å². The zero-order valence-electron chi connectivity index (χ0n) is 13.3. The second-order valence-corrected chi connectivity index (χ2v) is 6.79. The van der Waals surface area contributed by atoms with Gasteiger partial charge in [0.2, 0.25) is 11.8 Å². The number of rotatable bonds is 6. The third kappa shape index (κ3) is 4.83. The van der Waals surface area contributed by atoms with Gasteiger partial charge in [0.05, 0.1) is 16.6 Å². The highest BCUT2D eigenvalue weighted by Crippen LogP contribution is 2.33. The normalized spacial score (nSPS) is 17.9. The molecule has 5 nitrogen and oxygen atoms in total. The van der Waals surface area contributed by atoms with Crippen LogP contribution < -0.4 is 10.2 Å². The SMILES string of the molecule is CN(C)CCCNC(=O)C1CC(=O)N(c2cc(Cl)ccc2Cl)C1. The smallest absolute Gasteiger partial charge is 0.227 e. The first-order valence-electron chi connectivity index (χ1n) is 7.56. The van der Waals surface area contributed by atoms with Crippen molar-refractivity contribution in [2.24, 2.45) is 5.92 Å². The van der Waals surface area contributed by atoms with E-state index in [0.717, 1.165) is 13.0 Å². The van der Waals surface area contributed by atoms with Crippen molar-refractivity contribution < 1.29 is 9.59 Å². The van der Waals surface area contributed by atoms with Crippen molar-refractivity contribution in [2.45, 2.75) is 12.8 Å². The maximum absolute atomic E-state index is 12.2. The van der Waals surface area contributed by atoms with Crippen LogP contribution in [0.25, 0.3) is 0 Å². The third-order valence-corrected chi connectivity index (χ3v) is 4.33. The quantitative estimate of drug-likeness (QED) is 0.795. The van der Waals surface area contributed by atoms with Crippen LogP contribution in [0.3, 0.4) is 0 Å². The van der Waals surface area contributed by atoms with E-state index in [0.29, 0.717) is 28.8 Å². The van der Waals surface area contributed by atoms with E-state index in [-0.39, 0.29) is 24.2 Å². The van der Waals surface area contributed by atoms with Crippen LogP contribution in [0.1, 0.15) is 12.8 Å². The molecule has 1 unspecified atom stereocenters. The van der Waals surface area contributed by atoms with Crippen molar-refractivity contribution in [3.8, 4) is 0 Å². The van der Waals surface area contributed by atoms with Crippen LogP contribution in [0.4, 0.5) is 5.69 Å². The summed E-state index contributed by atoms with van der Waals surface area (Å²) in [6.07, 6.45) is 1.07. The van der Waals surface area contributed by atoms with Gasteiger partial charge < -0.3 is 15.1 Å². The van der Waals surface area contributed by atoms with Gasteiger partial charge in [-0.05, 0) is 45.3 Å². The summed E-state index contributed by atoms with van der Waals surface area (Å²) in [7, 11) is 3.98. The zero-order valence-corrected chi connectivity index (χ0v) is 14.8. The number of carbonyl (C=O) groups is 2. The van der Waals surface area contributed by atoms with Gasteiger partial charge in [0.1, 0.15) is 0 Å². The van der Waals surface area contributed by atoms with E-state index < -0.39 is 0 Å². The number of carbonyl (C=O) groups excluding carboxylic acids is 2. The fourth-order valence-corrected chi connectivity index (χ4v) is 2.95. The number of halogens is 2. The maximum Gasteiger partial charge on any atom is 0.227 e. The summed E-state index contributed by atoms with van der Waals surface area (Å²) in [4.78, 5) is 28.0. The molecule has 1 atom stereocenters. The Morgan fingerprint density at radius 1 is 1.39 bits per heavy atom. The van der Waals surface area contributed by atoms with E-state index in [9.17, 15) is 9.59 Å². The van der Waals surface area contributed by atoms with Crippen molar-refractivity contribution in [1.82, 2.24) is 10.2 Å². The molecule has 7 heteroatoms. The average molecular weight is 358 g/mol. The van der Waals surface area contributed by atoms with E-state index in [2.05, 4.69) is 10.2 Å². The van der Waals surface area contributed by atoms with Gasteiger partial charge in [-0.2, -0.15) is 0 Å². The van der Waals surface area contributed by atoms with E-state index in [1.807, 2.05) is 14.1 Å². The second kappa shape index (κ2) is 7.99. The zero-order chi connectivity index (χ0) is 17.0. The molecule has 1 N–H and O–H groups in total. The maximum atomic E-state index is 12.2. The molecule has 126 valence electrons. The molecule has 2 amide bonds. The van der Waals surface area contributed by atoms with Gasteiger partial charge >= 0.3 is 0 Å². The minimum absolute atomic E-state index is 0.0854. The number of hydrogen-bond donors (Lipinski definition) is 1. The van der Waals surface area contributed by atoms with Crippen LogP contribution in [0.2, 0.25) is 10.0 Å². The molecule has 1 aliphatic heterocycles. The highest BCUT2D eigenvalue weighted by atomic mass is 35.5. The highest BCUT2D eigenvalue weighted by molar-refractivity contribution is 6.35. The molecule has 1 aromatic rings. The minimum Gasteiger partial charge on any atom is -0.356 e. The number of hydrogen-bond acceptors (Lipinski definition) is 3. The standard InChI is InChI=1S/C16H21Cl2N3O2/c1-20(2)7-3-6-19-16(23)11-8-15(22)21(10-11)14-9-12(17)4-5-13(14)18/h4-5,9,11H,3,6-8,10H2,1-2H3,(H,19,23).